The molecule has 0 saturated carbocycles. The van der Waals surface area contributed by atoms with Crippen LogP contribution in [0.3, 0.4) is 0 Å². The Kier molecular flexibility index (Phi) is 5.03. The molecule has 2 aromatic heterocycles. The van der Waals surface area contributed by atoms with Crippen LogP contribution in [0.4, 0.5) is 5.69 Å². The first-order chi connectivity index (χ1) is 9.93. The summed E-state index contributed by atoms with van der Waals surface area (Å²) >= 11 is 7.84. The van der Waals surface area contributed by atoms with Crippen LogP contribution < -0.4 is 10.9 Å². The van der Waals surface area contributed by atoms with Gasteiger partial charge in [0.15, 0.2) is 0 Å². The first-order valence-electron chi connectivity index (χ1n) is 6.64. The Hall–Kier alpha value is -1.37. The summed E-state index contributed by atoms with van der Waals surface area (Å²) in [5.41, 5.74) is 1.29. The topological polar surface area (TPSA) is 67.2 Å². The van der Waals surface area contributed by atoms with Crippen molar-refractivity contribution < 1.29 is 5.11 Å². The molecule has 0 aliphatic heterocycles. The number of rotatable bonds is 5. The molecule has 0 fully saturated rings. The predicted molar refractivity (Wildman–Crippen MR) is 86.4 cm³/mol. The molecule has 114 valence electrons. The van der Waals surface area contributed by atoms with Crippen LogP contribution in [0.2, 0.25) is 5.02 Å². The minimum absolute atomic E-state index is 0.0299. The van der Waals surface area contributed by atoms with E-state index in [-0.39, 0.29) is 24.2 Å². The maximum Gasteiger partial charge on any atom is 0.287 e. The highest BCUT2D eigenvalue weighted by Crippen LogP contribution is 2.29. The molecule has 7 heteroatoms. The van der Waals surface area contributed by atoms with Gasteiger partial charge in [0.05, 0.1) is 25.0 Å². The molecular weight excluding hydrogens is 310 g/mol. The van der Waals surface area contributed by atoms with Gasteiger partial charge in [-0.2, -0.15) is 5.10 Å². The SMILES string of the molecule is Cc1cc(C(C)Nc2cnn(CCO)c(=O)c2Cl)c(C)s1. The summed E-state index contributed by atoms with van der Waals surface area (Å²) < 4.78 is 1.15. The Morgan fingerprint density at radius 3 is 2.81 bits per heavy atom. The van der Waals surface area contributed by atoms with Gasteiger partial charge in [-0.25, -0.2) is 4.68 Å². The summed E-state index contributed by atoms with van der Waals surface area (Å²) in [6, 6.07) is 2.16. The monoisotopic (exact) mass is 327 g/mol. The van der Waals surface area contributed by atoms with Gasteiger partial charge in [0.1, 0.15) is 5.02 Å². The van der Waals surface area contributed by atoms with Crippen LogP contribution in [0.1, 0.15) is 28.3 Å². The molecule has 5 nitrogen and oxygen atoms in total. The van der Waals surface area contributed by atoms with Crippen molar-refractivity contribution in [3.8, 4) is 0 Å². The van der Waals surface area contributed by atoms with Gasteiger partial charge in [0.2, 0.25) is 0 Å². The Morgan fingerprint density at radius 2 is 2.24 bits per heavy atom. The molecule has 1 atom stereocenters. The quantitative estimate of drug-likeness (QED) is 0.886. The van der Waals surface area contributed by atoms with Crippen molar-refractivity contribution in [1.29, 1.82) is 0 Å². The van der Waals surface area contributed by atoms with Crippen molar-refractivity contribution in [2.24, 2.45) is 0 Å². The predicted octanol–water partition coefficient (Wildman–Crippen LogP) is 2.74. The minimum atomic E-state index is -0.402. The highest BCUT2D eigenvalue weighted by Gasteiger charge is 2.15. The summed E-state index contributed by atoms with van der Waals surface area (Å²) in [6.45, 7) is 6.14. The lowest BCUT2D eigenvalue weighted by molar-refractivity contribution is 0.266. The number of anilines is 1. The van der Waals surface area contributed by atoms with E-state index in [2.05, 4.69) is 30.3 Å². The summed E-state index contributed by atoms with van der Waals surface area (Å²) in [7, 11) is 0. The van der Waals surface area contributed by atoms with E-state index >= 15 is 0 Å². The number of hydrogen-bond acceptors (Lipinski definition) is 5. The molecule has 21 heavy (non-hydrogen) atoms. The number of aliphatic hydroxyl groups is 1. The third-order valence-electron chi connectivity index (χ3n) is 3.21. The first kappa shape index (κ1) is 16.0. The fraction of sp³-hybridized carbons (Fsp3) is 0.429. The van der Waals surface area contributed by atoms with E-state index in [9.17, 15) is 4.79 Å². The fourth-order valence-electron chi connectivity index (χ4n) is 2.21. The van der Waals surface area contributed by atoms with Gasteiger partial charge < -0.3 is 10.4 Å². The van der Waals surface area contributed by atoms with E-state index in [0.717, 1.165) is 4.68 Å². The van der Waals surface area contributed by atoms with E-state index in [0.29, 0.717) is 5.69 Å². The van der Waals surface area contributed by atoms with Crippen molar-refractivity contribution in [3.63, 3.8) is 0 Å². The number of aromatic nitrogens is 2. The maximum atomic E-state index is 12.0. The number of halogens is 1. The second-order valence-electron chi connectivity index (χ2n) is 4.86. The first-order valence-corrected chi connectivity index (χ1v) is 7.83. The average molecular weight is 328 g/mol. The Labute approximate surface area is 132 Å². The van der Waals surface area contributed by atoms with Crippen molar-refractivity contribution in [3.05, 3.63) is 43.0 Å². The molecule has 2 N–H and O–H groups in total. The van der Waals surface area contributed by atoms with Crippen molar-refractivity contribution >= 4 is 28.6 Å². The zero-order chi connectivity index (χ0) is 15.6. The fourth-order valence-corrected chi connectivity index (χ4v) is 3.43. The van der Waals surface area contributed by atoms with Gasteiger partial charge in [-0.1, -0.05) is 11.6 Å². The lowest BCUT2D eigenvalue weighted by atomic mass is 10.1. The largest absolute Gasteiger partial charge is 0.394 e. The summed E-state index contributed by atoms with van der Waals surface area (Å²) in [5.74, 6) is 0. The van der Waals surface area contributed by atoms with E-state index in [1.165, 1.54) is 21.5 Å². The van der Waals surface area contributed by atoms with Crippen LogP contribution >= 0.6 is 22.9 Å². The molecule has 0 amide bonds. The van der Waals surface area contributed by atoms with Crippen LogP contribution in [0.15, 0.2) is 17.1 Å². The number of nitrogens with zero attached hydrogens (tertiary/aromatic N) is 2. The molecule has 2 heterocycles. The van der Waals surface area contributed by atoms with Crippen molar-refractivity contribution in [1.82, 2.24) is 9.78 Å². The summed E-state index contributed by atoms with van der Waals surface area (Å²) in [5, 5.41) is 16.2. The minimum Gasteiger partial charge on any atom is -0.394 e. The summed E-state index contributed by atoms with van der Waals surface area (Å²) in [4.78, 5) is 14.5. The Bertz CT molecular complexity index is 696. The molecule has 0 aromatic carbocycles. The molecule has 2 rings (SSSR count). The van der Waals surface area contributed by atoms with E-state index in [1.807, 2.05) is 6.92 Å². The molecule has 0 saturated heterocycles. The number of aryl methyl sites for hydroxylation is 2. The highest BCUT2D eigenvalue weighted by molar-refractivity contribution is 7.12. The van der Waals surface area contributed by atoms with Crippen LogP contribution in [0, 0.1) is 13.8 Å². The van der Waals surface area contributed by atoms with Crippen LogP contribution in [0.25, 0.3) is 0 Å². The molecule has 2 aromatic rings. The van der Waals surface area contributed by atoms with Crippen LogP contribution in [-0.2, 0) is 6.54 Å². The Balaban J connectivity index is 2.26. The van der Waals surface area contributed by atoms with Gasteiger partial charge in [0.25, 0.3) is 5.56 Å². The molecule has 0 spiro atoms. The van der Waals surface area contributed by atoms with E-state index in [1.54, 1.807) is 11.3 Å². The molecule has 0 radical (unpaired) electrons. The zero-order valence-electron chi connectivity index (χ0n) is 12.2. The second kappa shape index (κ2) is 6.60. The lowest BCUT2D eigenvalue weighted by Crippen LogP contribution is -2.26. The number of thiophene rings is 1. The Morgan fingerprint density at radius 1 is 1.52 bits per heavy atom. The average Bonchev–Trinajstić information content (AvgIpc) is 2.77. The van der Waals surface area contributed by atoms with Crippen LogP contribution in [0.5, 0.6) is 0 Å². The van der Waals surface area contributed by atoms with E-state index in [4.69, 9.17) is 16.7 Å². The molecule has 0 aliphatic carbocycles. The smallest absolute Gasteiger partial charge is 0.287 e. The second-order valence-corrected chi connectivity index (χ2v) is 6.70. The molecule has 0 bridgehead atoms. The van der Waals surface area contributed by atoms with Crippen molar-refractivity contribution in [2.45, 2.75) is 33.4 Å². The van der Waals surface area contributed by atoms with Gasteiger partial charge in [-0.15, -0.1) is 11.3 Å². The lowest BCUT2D eigenvalue weighted by Gasteiger charge is -2.16. The standard InChI is InChI=1S/C14H18ClN3O2S/c1-8-6-11(10(3)21-8)9(2)17-12-7-16-18(4-5-19)14(20)13(12)15/h6-7,9,17,19H,4-5H2,1-3H3. The number of aliphatic hydroxyl groups excluding tert-OH is 1. The third kappa shape index (κ3) is 3.45. The molecule has 0 aliphatic rings. The molecular formula is C14H18ClN3O2S. The van der Waals surface area contributed by atoms with Gasteiger partial charge in [0, 0.05) is 15.8 Å². The maximum absolute atomic E-state index is 12.0. The number of nitrogens with one attached hydrogen (secondary N) is 1. The number of hydrogen-bond donors (Lipinski definition) is 2. The zero-order valence-corrected chi connectivity index (χ0v) is 13.8. The highest BCUT2D eigenvalue weighted by atomic mass is 35.5. The summed E-state index contributed by atoms with van der Waals surface area (Å²) in [6.07, 6.45) is 1.52. The van der Waals surface area contributed by atoms with Gasteiger partial charge in [-0.05, 0) is 32.4 Å². The van der Waals surface area contributed by atoms with Crippen LogP contribution in [-0.4, -0.2) is 21.5 Å². The van der Waals surface area contributed by atoms with Crippen molar-refractivity contribution in [2.75, 3.05) is 11.9 Å². The van der Waals surface area contributed by atoms with Gasteiger partial charge >= 0.3 is 0 Å². The van der Waals surface area contributed by atoms with E-state index < -0.39 is 5.56 Å². The molecule has 1 unspecified atom stereocenters. The normalized spacial score (nSPS) is 12.4. The van der Waals surface area contributed by atoms with Gasteiger partial charge in [-0.3, -0.25) is 4.79 Å². The third-order valence-corrected chi connectivity index (χ3v) is 4.56.